The van der Waals surface area contributed by atoms with E-state index in [0.29, 0.717) is 11.1 Å². The summed E-state index contributed by atoms with van der Waals surface area (Å²) in [5, 5.41) is 12.9. The van der Waals surface area contributed by atoms with Crippen LogP contribution in [-0.4, -0.2) is 16.2 Å². The average Bonchev–Trinajstić information content (AvgIpc) is 2.49. The zero-order chi connectivity index (χ0) is 9.42. The third-order valence-electron chi connectivity index (χ3n) is 1.71. The van der Waals surface area contributed by atoms with E-state index in [0.717, 1.165) is 0 Å². The second kappa shape index (κ2) is 2.48. The summed E-state index contributed by atoms with van der Waals surface area (Å²) < 4.78 is 4.78. The molecule has 66 valence electrons. The molecule has 3 N–H and O–H groups in total. The Kier molecular flexibility index (Phi) is 1.45. The highest BCUT2D eigenvalue weighted by Crippen LogP contribution is 2.21. The Hall–Kier alpha value is -2.04. The molecule has 5 nitrogen and oxygen atoms in total. The zero-order valence-electron chi connectivity index (χ0n) is 6.52. The van der Waals surface area contributed by atoms with Gasteiger partial charge in [0.15, 0.2) is 5.58 Å². The van der Waals surface area contributed by atoms with Crippen molar-refractivity contribution in [3.63, 3.8) is 0 Å². The van der Waals surface area contributed by atoms with Gasteiger partial charge in [0.2, 0.25) is 0 Å². The van der Waals surface area contributed by atoms with Gasteiger partial charge < -0.3 is 15.4 Å². The number of carbonyl (C=O) groups is 1. The van der Waals surface area contributed by atoms with Crippen molar-refractivity contribution in [2.45, 2.75) is 0 Å². The molecule has 0 aliphatic heterocycles. The Balaban J connectivity index is 2.84. The number of rotatable bonds is 1. The van der Waals surface area contributed by atoms with Crippen LogP contribution in [0.3, 0.4) is 0 Å². The van der Waals surface area contributed by atoms with Crippen molar-refractivity contribution < 1.29 is 14.4 Å². The van der Waals surface area contributed by atoms with Gasteiger partial charge in [0, 0.05) is 11.1 Å². The van der Waals surface area contributed by atoms with E-state index in [9.17, 15) is 4.79 Å². The van der Waals surface area contributed by atoms with Crippen LogP contribution >= 0.6 is 0 Å². The molecule has 2 aromatic rings. The van der Waals surface area contributed by atoms with Crippen molar-refractivity contribution >= 4 is 22.6 Å². The summed E-state index contributed by atoms with van der Waals surface area (Å²) in [5.41, 5.74) is 6.16. The van der Waals surface area contributed by atoms with E-state index in [-0.39, 0.29) is 11.1 Å². The number of nitrogen functional groups attached to an aromatic ring is 1. The van der Waals surface area contributed by atoms with Gasteiger partial charge in [-0.2, -0.15) is 0 Å². The normalized spacial score (nSPS) is 10.5. The van der Waals surface area contributed by atoms with Crippen molar-refractivity contribution in [2.75, 3.05) is 5.73 Å². The van der Waals surface area contributed by atoms with Crippen LogP contribution in [0.15, 0.2) is 22.9 Å². The first-order valence-corrected chi connectivity index (χ1v) is 3.55. The van der Waals surface area contributed by atoms with E-state index in [4.69, 9.17) is 15.4 Å². The molecular weight excluding hydrogens is 172 g/mol. The van der Waals surface area contributed by atoms with Gasteiger partial charge in [0.25, 0.3) is 0 Å². The Labute approximate surface area is 72.7 Å². The number of aromatic nitrogens is 1. The third-order valence-corrected chi connectivity index (χ3v) is 1.71. The number of aromatic carboxylic acids is 1. The summed E-state index contributed by atoms with van der Waals surface area (Å²) in [5.74, 6) is -1.07. The highest BCUT2D eigenvalue weighted by molar-refractivity contribution is 6.02. The van der Waals surface area contributed by atoms with Gasteiger partial charge in [0.1, 0.15) is 5.56 Å². The Morgan fingerprint density at radius 1 is 1.54 bits per heavy atom. The molecule has 0 bridgehead atoms. The summed E-state index contributed by atoms with van der Waals surface area (Å²) in [6, 6.07) is 2.95. The van der Waals surface area contributed by atoms with Crippen molar-refractivity contribution in [2.24, 2.45) is 0 Å². The summed E-state index contributed by atoms with van der Waals surface area (Å²) in [7, 11) is 0. The minimum Gasteiger partial charge on any atom is -0.478 e. The Morgan fingerprint density at radius 3 is 3.00 bits per heavy atom. The highest BCUT2D eigenvalue weighted by Gasteiger charge is 2.12. The number of hydrogen-bond acceptors (Lipinski definition) is 4. The molecule has 0 saturated heterocycles. The van der Waals surface area contributed by atoms with Crippen LogP contribution in [-0.2, 0) is 0 Å². The Morgan fingerprint density at radius 2 is 2.31 bits per heavy atom. The molecule has 0 amide bonds. The topological polar surface area (TPSA) is 89.4 Å². The molecule has 13 heavy (non-hydrogen) atoms. The van der Waals surface area contributed by atoms with Gasteiger partial charge in [-0.25, -0.2) is 4.79 Å². The van der Waals surface area contributed by atoms with Gasteiger partial charge >= 0.3 is 5.97 Å². The number of carboxylic acid groups (broad SMARTS) is 1. The SMILES string of the molecule is Nc1cc(C(=O)O)c2oncc2c1. The number of nitrogens with two attached hydrogens (primary N) is 1. The van der Waals surface area contributed by atoms with Crippen LogP contribution in [0.1, 0.15) is 10.4 Å². The van der Waals surface area contributed by atoms with Crippen LogP contribution in [0.4, 0.5) is 5.69 Å². The van der Waals surface area contributed by atoms with E-state index in [1.165, 1.54) is 12.3 Å². The number of hydrogen-bond donors (Lipinski definition) is 2. The monoisotopic (exact) mass is 178 g/mol. The predicted molar refractivity (Wildman–Crippen MR) is 45.4 cm³/mol. The standard InChI is InChI=1S/C8H6N2O3/c9-5-1-4-3-10-13-7(4)6(2-5)8(11)12/h1-3H,9H2,(H,11,12). The van der Waals surface area contributed by atoms with Crippen LogP contribution in [0, 0.1) is 0 Å². The molecule has 0 unspecified atom stereocenters. The Bertz CT molecular complexity index is 475. The maximum Gasteiger partial charge on any atom is 0.339 e. The van der Waals surface area contributed by atoms with Crippen molar-refractivity contribution in [1.29, 1.82) is 0 Å². The zero-order valence-corrected chi connectivity index (χ0v) is 6.52. The van der Waals surface area contributed by atoms with Gasteiger partial charge in [-0.3, -0.25) is 0 Å². The average molecular weight is 178 g/mol. The van der Waals surface area contributed by atoms with Crippen molar-refractivity contribution in [3.8, 4) is 0 Å². The smallest absolute Gasteiger partial charge is 0.339 e. The second-order valence-corrected chi connectivity index (χ2v) is 2.62. The maximum absolute atomic E-state index is 10.7. The first-order chi connectivity index (χ1) is 6.18. The summed E-state index contributed by atoms with van der Waals surface area (Å²) in [6.07, 6.45) is 1.43. The molecule has 1 aromatic heterocycles. The van der Waals surface area contributed by atoms with Crippen molar-refractivity contribution in [1.82, 2.24) is 5.16 Å². The van der Waals surface area contributed by atoms with Gasteiger partial charge in [0.05, 0.1) is 6.20 Å². The van der Waals surface area contributed by atoms with E-state index in [1.807, 2.05) is 0 Å². The minimum absolute atomic E-state index is 0.0347. The van der Waals surface area contributed by atoms with Crippen LogP contribution in [0.25, 0.3) is 11.0 Å². The molecule has 5 heteroatoms. The van der Waals surface area contributed by atoms with E-state index < -0.39 is 5.97 Å². The van der Waals surface area contributed by atoms with Crippen molar-refractivity contribution in [3.05, 3.63) is 23.9 Å². The fraction of sp³-hybridized carbons (Fsp3) is 0. The summed E-state index contributed by atoms with van der Waals surface area (Å²) in [6.45, 7) is 0. The van der Waals surface area contributed by atoms with E-state index >= 15 is 0 Å². The maximum atomic E-state index is 10.7. The number of fused-ring (bicyclic) bond motifs is 1. The van der Waals surface area contributed by atoms with E-state index in [2.05, 4.69) is 5.16 Å². The first kappa shape index (κ1) is 7.60. The molecule has 0 fully saturated rings. The second-order valence-electron chi connectivity index (χ2n) is 2.62. The number of benzene rings is 1. The van der Waals surface area contributed by atoms with Gasteiger partial charge in [-0.1, -0.05) is 5.16 Å². The number of carboxylic acids is 1. The molecule has 0 aliphatic carbocycles. The molecule has 1 aromatic carbocycles. The molecule has 2 rings (SSSR count). The first-order valence-electron chi connectivity index (χ1n) is 3.55. The quantitative estimate of drug-likeness (QED) is 0.638. The fourth-order valence-electron chi connectivity index (χ4n) is 1.17. The number of nitrogens with zero attached hydrogens (tertiary/aromatic N) is 1. The minimum atomic E-state index is -1.07. The molecule has 1 heterocycles. The number of anilines is 1. The van der Waals surface area contributed by atoms with Crippen LogP contribution in [0.5, 0.6) is 0 Å². The van der Waals surface area contributed by atoms with Gasteiger partial charge in [-0.15, -0.1) is 0 Å². The van der Waals surface area contributed by atoms with Crippen LogP contribution in [0.2, 0.25) is 0 Å². The van der Waals surface area contributed by atoms with E-state index in [1.54, 1.807) is 6.07 Å². The van der Waals surface area contributed by atoms with Crippen LogP contribution < -0.4 is 5.73 Å². The van der Waals surface area contributed by atoms with Gasteiger partial charge in [-0.05, 0) is 12.1 Å². The largest absolute Gasteiger partial charge is 0.478 e. The lowest BCUT2D eigenvalue weighted by atomic mass is 10.1. The summed E-state index contributed by atoms with van der Waals surface area (Å²) >= 11 is 0. The predicted octanol–water partition coefficient (Wildman–Crippen LogP) is 1.11. The molecule has 0 spiro atoms. The fourth-order valence-corrected chi connectivity index (χ4v) is 1.17. The highest BCUT2D eigenvalue weighted by atomic mass is 16.5. The summed E-state index contributed by atoms with van der Waals surface area (Å²) in [4.78, 5) is 10.7. The molecule has 0 saturated carbocycles. The molecular formula is C8H6N2O3. The lowest BCUT2D eigenvalue weighted by Gasteiger charge is -1.96. The molecule has 0 atom stereocenters. The molecule has 0 radical (unpaired) electrons. The lowest BCUT2D eigenvalue weighted by Crippen LogP contribution is -1.98. The third kappa shape index (κ3) is 1.10. The molecule has 0 aliphatic rings. The lowest BCUT2D eigenvalue weighted by molar-refractivity contribution is 0.0697.